The van der Waals surface area contributed by atoms with Crippen molar-refractivity contribution in [3.8, 4) is 5.75 Å². The van der Waals surface area contributed by atoms with E-state index in [0.29, 0.717) is 11.5 Å². The molecule has 0 radical (unpaired) electrons. The number of hydrogen-bond donors (Lipinski definition) is 2. The normalized spacial score (nSPS) is 14.2. The lowest BCUT2D eigenvalue weighted by Gasteiger charge is -2.16. The molecule has 0 aliphatic carbocycles. The van der Waals surface area contributed by atoms with Gasteiger partial charge < -0.3 is 15.0 Å². The van der Waals surface area contributed by atoms with Crippen molar-refractivity contribution in [2.24, 2.45) is 5.10 Å². The molecule has 0 atom stereocenters. The van der Waals surface area contributed by atoms with E-state index in [0.717, 1.165) is 41.4 Å². The molecule has 1 fully saturated rings. The molecule has 2 aromatic carbocycles. The SMILES string of the molecule is COc1cccc(NC(=S)N/N=C(/C)c2ccc(N3CCCC3=O)cc2)c1. The van der Waals surface area contributed by atoms with Crippen LogP contribution in [0.1, 0.15) is 25.3 Å². The lowest BCUT2D eigenvalue weighted by Crippen LogP contribution is -2.25. The first-order chi connectivity index (χ1) is 13.1. The van der Waals surface area contributed by atoms with Crippen LogP contribution in [0.25, 0.3) is 0 Å². The number of nitrogens with zero attached hydrogens (tertiary/aromatic N) is 2. The second kappa shape index (κ2) is 8.64. The number of amides is 1. The minimum atomic E-state index is 0.184. The molecule has 0 unspecified atom stereocenters. The molecule has 140 valence electrons. The zero-order valence-corrected chi connectivity index (χ0v) is 16.2. The van der Waals surface area contributed by atoms with Crippen molar-refractivity contribution < 1.29 is 9.53 Å². The number of rotatable bonds is 5. The van der Waals surface area contributed by atoms with Gasteiger partial charge in [0.15, 0.2) is 5.11 Å². The third kappa shape index (κ3) is 4.83. The van der Waals surface area contributed by atoms with Gasteiger partial charge in [-0.3, -0.25) is 10.2 Å². The summed E-state index contributed by atoms with van der Waals surface area (Å²) in [4.78, 5) is 13.6. The molecule has 27 heavy (non-hydrogen) atoms. The van der Waals surface area contributed by atoms with Crippen LogP contribution >= 0.6 is 12.2 Å². The van der Waals surface area contributed by atoms with Gasteiger partial charge in [-0.15, -0.1) is 0 Å². The van der Waals surface area contributed by atoms with Gasteiger partial charge in [-0.25, -0.2) is 0 Å². The van der Waals surface area contributed by atoms with Crippen LogP contribution in [0.4, 0.5) is 11.4 Å². The van der Waals surface area contributed by atoms with Gasteiger partial charge in [0.05, 0.1) is 12.8 Å². The Hall–Kier alpha value is -2.93. The van der Waals surface area contributed by atoms with Crippen molar-refractivity contribution in [3.63, 3.8) is 0 Å². The van der Waals surface area contributed by atoms with Crippen LogP contribution in [0.5, 0.6) is 5.75 Å². The Morgan fingerprint density at radius 2 is 2.00 bits per heavy atom. The van der Waals surface area contributed by atoms with E-state index in [2.05, 4.69) is 15.8 Å². The number of hydrogen-bond acceptors (Lipinski definition) is 4. The largest absolute Gasteiger partial charge is 0.497 e. The zero-order chi connectivity index (χ0) is 19.2. The predicted molar refractivity (Wildman–Crippen MR) is 113 cm³/mol. The highest BCUT2D eigenvalue weighted by Gasteiger charge is 2.21. The number of thiocarbonyl (C=S) groups is 1. The van der Waals surface area contributed by atoms with E-state index in [1.165, 1.54) is 0 Å². The summed E-state index contributed by atoms with van der Waals surface area (Å²) in [5.41, 5.74) is 6.35. The van der Waals surface area contributed by atoms with Crippen molar-refractivity contribution >= 4 is 40.3 Å². The first-order valence-electron chi connectivity index (χ1n) is 8.73. The number of nitrogens with one attached hydrogen (secondary N) is 2. The first kappa shape index (κ1) is 18.8. The smallest absolute Gasteiger partial charge is 0.227 e. The molecule has 0 saturated carbocycles. The number of carbonyl (C=O) groups excluding carboxylic acids is 1. The second-order valence-electron chi connectivity index (χ2n) is 6.19. The summed E-state index contributed by atoms with van der Waals surface area (Å²) >= 11 is 5.28. The fourth-order valence-electron chi connectivity index (χ4n) is 2.86. The Balaban J connectivity index is 1.59. The Morgan fingerprint density at radius 3 is 2.67 bits per heavy atom. The highest BCUT2D eigenvalue weighted by molar-refractivity contribution is 7.80. The fraction of sp³-hybridized carbons (Fsp3) is 0.250. The average Bonchev–Trinajstić information content (AvgIpc) is 3.12. The molecular weight excluding hydrogens is 360 g/mol. The molecule has 1 saturated heterocycles. The number of methoxy groups -OCH3 is 1. The Labute approximate surface area is 164 Å². The lowest BCUT2D eigenvalue weighted by molar-refractivity contribution is -0.117. The van der Waals surface area contributed by atoms with Gasteiger partial charge in [-0.05, 0) is 55.4 Å². The number of hydrazone groups is 1. The van der Waals surface area contributed by atoms with E-state index in [9.17, 15) is 4.79 Å². The summed E-state index contributed by atoms with van der Waals surface area (Å²) in [6.07, 6.45) is 1.55. The van der Waals surface area contributed by atoms with E-state index < -0.39 is 0 Å². The van der Waals surface area contributed by atoms with Gasteiger partial charge in [0.1, 0.15) is 5.75 Å². The van der Waals surface area contributed by atoms with Crippen LogP contribution in [-0.4, -0.2) is 30.4 Å². The molecule has 7 heteroatoms. The van der Waals surface area contributed by atoms with Gasteiger partial charge in [0.2, 0.25) is 5.91 Å². The Bertz CT molecular complexity index is 865. The zero-order valence-electron chi connectivity index (χ0n) is 15.4. The standard InChI is InChI=1S/C20H22N4O2S/c1-14(15-8-10-17(11-9-15)24-12-4-7-19(24)25)22-23-20(27)21-16-5-3-6-18(13-16)26-2/h3,5-6,8-11,13H,4,7,12H2,1-2H3,(H2,21,23,27)/b22-14-. The third-order valence-electron chi connectivity index (χ3n) is 4.32. The van der Waals surface area contributed by atoms with Crippen LogP contribution in [0.2, 0.25) is 0 Å². The average molecular weight is 382 g/mol. The van der Waals surface area contributed by atoms with Crippen LogP contribution in [0, 0.1) is 0 Å². The molecule has 1 amide bonds. The van der Waals surface area contributed by atoms with Crippen LogP contribution in [0.3, 0.4) is 0 Å². The summed E-state index contributed by atoms with van der Waals surface area (Å²) in [6.45, 7) is 2.69. The summed E-state index contributed by atoms with van der Waals surface area (Å²) in [5, 5.41) is 7.78. The second-order valence-corrected chi connectivity index (χ2v) is 6.60. The molecule has 0 aromatic heterocycles. The highest BCUT2D eigenvalue weighted by Crippen LogP contribution is 2.21. The summed E-state index contributed by atoms with van der Waals surface area (Å²) in [7, 11) is 1.62. The van der Waals surface area contributed by atoms with Gasteiger partial charge in [-0.1, -0.05) is 18.2 Å². The minimum Gasteiger partial charge on any atom is -0.497 e. The van der Waals surface area contributed by atoms with E-state index in [4.69, 9.17) is 17.0 Å². The molecule has 0 spiro atoms. The highest BCUT2D eigenvalue weighted by atomic mass is 32.1. The predicted octanol–water partition coefficient (Wildman–Crippen LogP) is 3.53. The molecule has 0 bridgehead atoms. The third-order valence-corrected chi connectivity index (χ3v) is 4.52. The fourth-order valence-corrected chi connectivity index (χ4v) is 3.03. The van der Waals surface area contributed by atoms with Gasteiger partial charge in [0, 0.05) is 30.4 Å². The van der Waals surface area contributed by atoms with Gasteiger partial charge in [0.25, 0.3) is 0 Å². The Morgan fingerprint density at radius 1 is 1.22 bits per heavy atom. The van der Waals surface area contributed by atoms with Gasteiger partial charge in [-0.2, -0.15) is 5.10 Å². The topological polar surface area (TPSA) is 66.0 Å². The number of carbonyl (C=O) groups is 1. The summed E-state index contributed by atoms with van der Waals surface area (Å²) in [6, 6.07) is 15.3. The molecule has 1 heterocycles. The van der Waals surface area contributed by atoms with Crippen LogP contribution < -0.4 is 20.4 Å². The van der Waals surface area contributed by atoms with Crippen molar-refractivity contribution in [1.82, 2.24) is 5.43 Å². The molecule has 2 N–H and O–H groups in total. The van der Waals surface area contributed by atoms with E-state index in [-0.39, 0.29) is 5.91 Å². The molecule has 6 nitrogen and oxygen atoms in total. The number of benzene rings is 2. The molecular formula is C20H22N4O2S. The Kier molecular flexibility index (Phi) is 6.03. The molecule has 1 aliphatic heterocycles. The van der Waals surface area contributed by atoms with Crippen molar-refractivity contribution in [1.29, 1.82) is 0 Å². The van der Waals surface area contributed by atoms with Crippen molar-refractivity contribution in [2.75, 3.05) is 23.9 Å². The van der Waals surface area contributed by atoms with E-state index >= 15 is 0 Å². The molecule has 2 aromatic rings. The maximum absolute atomic E-state index is 11.8. The maximum Gasteiger partial charge on any atom is 0.227 e. The quantitative estimate of drug-likeness (QED) is 0.470. The van der Waals surface area contributed by atoms with Crippen LogP contribution in [0.15, 0.2) is 53.6 Å². The number of anilines is 2. The van der Waals surface area contributed by atoms with Gasteiger partial charge >= 0.3 is 0 Å². The lowest BCUT2D eigenvalue weighted by atomic mass is 10.1. The van der Waals surface area contributed by atoms with E-state index in [1.807, 2.05) is 60.4 Å². The number of ether oxygens (including phenoxy) is 1. The van der Waals surface area contributed by atoms with Crippen molar-refractivity contribution in [3.05, 3.63) is 54.1 Å². The van der Waals surface area contributed by atoms with E-state index in [1.54, 1.807) is 7.11 Å². The summed E-state index contributed by atoms with van der Waals surface area (Å²) < 4.78 is 5.19. The van der Waals surface area contributed by atoms with Crippen molar-refractivity contribution in [2.45, 2.75) is 19.8 Å². The molecule has 1 aliphatic rings. The minimum absolute atomic E-state index is 0.184. The molecule has 3 rings (SSSR count). The summed E-state index contributed by atoms with van der Waals surface area (Å²) in [5.74, 6) is 0.933. The maximum atomic E-state index is 11.8. The first-order valence-corrected chi connectivity index (χ1v) is 9.14. The van der Waals surface area contributed by atoms with Crippen LogP contribution in [-0.2, 0) is 4.79 Å². The monoisotopic (exact) mass is 382 g/mol.